The zero-order valence-corrected chi connectivity index (χ0v) is 12.9. The standard InChI is InChI=1S/C14H23NO2S/c1-14(2,3)15-9-10-7-11(16-4)12(17-5)8-13(10)18-6/h7-8,15H,9H2,1-6H3. The van der Waals surface area contributed by atoms with Gasteiger partial charge in [-0.3, -0.25) is 0 Å². The molecule has 4 heteroatoms. The van der Waals surface area contributed by atoms with E-state index in [0.717, 1.165) is 18.0 Å². The van der Waals surface area contributed by atoms with E-state index in [1.807, 2.05) is 12.1 Å². The fraction of sp³-hybridized carbons (Fsp3) is 0.571. The van der Waals surface area contributed by atoms with Crippen molar-refractivity contribution < 1.29 is 9.47 Å². The normalized spacial score (nSPS) is 11.4. The van der Waals surface area contributed by atoms with Crippen LogP contribution in [0.1, 0.15) is 26.3 Å². The molecule has 0 bridgehead atoms. The molecule has 0 atom stereocenters. The molecule has 1 aromatic carbocycles. The van der Waals surface area contributed by atoms with Crippen molar-refractivity contribution >= 4 is 11.8 Å². The Hall–Kier alpha value is -0.870. The van der Waals surface area contributed by atoms with Crippen LogP contribution in [-0.4, -0.2) is 26.0 Å². The highest BCUT2D eigenvalue weighted by Crippen LogP contribution is 2.34. The number of benzene rings is 1. The molecule has 1 N–H and O–H groups in total. The third kappa shape index (κ3) is 4.10. The average molecular weight is 269 g/mol. The summed E-state index contributed by atoms with van der Waals surface area (Å²) in [6.07, 6.45) is 2.07. The van der Waals surface area contributed by atoms with Crippen LogP contribution < -0.4 is 14.8 Å². The van der Waals surface area contributed by atoms with E-state index in [1.165, 1.54) is 10.5 Å². The second-order valence-electron chi connectivity index (χ2n) is 5.12. The molecule has 0 unspecified atom stereocenters. The molecule has 0 fully saturated rings. The van der Waals surface area contributed by atoms with E-state index in [0.29, 0.717) is 0 Å². The third-order valence-corrected chi connectivity index (χ3v) is 3.42. The van der Waals surface area contributed by atoms with E-state index in [1.54, 1.807) is 26.0 Å². The van der Waals surface area contributed by atoms with Crippen molar-refractivity contribution in [3.8, 4) is 11.5 Å². The minimum atomic E-state index is 0.100. The molecule has 102 valence electrons. The van der Waals surface area contributed by atoms with Gasteiger partial charge in [0.25, 0.3) is 0 Å². The van der Waals surface area contributed by atoms with Crippen molar-refractivity contribution in [1.82, 2.24) is 5.32 Å². The Kier molecular flexibility index (Phi) is 5.35. The number of nitrogens with one attached hydrogen (secondary N) is 1. The molecule has 0 aromatic heterocycles. The largest absolute Gasteiger partial charge is 0.493 e. The van der Waals surface area contributed by atoms with Crippen molar-refractivity contribution in [2.24, 2.45) is 0 Å². The fourth-order valence-electron chi connectivity index (χ4n) is 1.59. The Labute approximate surface area is 114 Å². The van der Waals surface area contributed by atoms with Crippen LogP contribution in [-0.2, 0) is 6.54 Å². The van der Waals surface area contributed by atoms with Crippen molar-refractivity contribution in [3.05, 3.63) is 17.7 Å². The highest BCUT2D eigenvalue weighted by Gasteiger charge is 2.13. The second kappa shape index (κ2) is 6.34. The average Bonchev–Trinajstić information content (AvgIpc) is 2.34. The topological polar surface area (TPSA) is 30.5 Å². The highest BCUT2D eigenvalue weighted by atomic mass is 32.2. The molecule has 0 amide bonds. The minimum Gasteiger partial charge on any atom is -0.493 e. The first-order chi connectivity index (χ1) is 8.41. The number of hydrogen-bond acceptors (Lipinski definition) is 4. The van der Waals surface area contributed by atoms with E-state index in [2.05, 4.69) is 32.3 Å². The maximum atomic E-state index is 5.35. The quantitative estimate of drug-likeness (QED) is 0.831. The van der Waals surface area contributed by atoms with Crippen LogP contribution in [0, 0.1) is 0 Å². The lowest BCUT2D eigenvalue weighted by molar-refractivity contribution is 0.352. The van der Waals surface area contributed by atoms with E-state index in [4.69, 9.17) is 9.47 Å². The Morgan fingerprint density at radius 1 is 1.11 bits per heavy atom. The van der Waals surface area contributed by atoms with Gasteiger partial charge in [0.2, 0.25) is 0 Å². The van der Waals surface area contributed by atoms with Gasteiger partial charge in [0.1, 0.15) is 0 Å². The lowest BCUT2D eigenvalue weighted by Crippen LogP contribution is -2.35. The van der Waals surface area contributed by atoms with Gasteiger partial charge in [0, 0.05) is 17.0 Å². The molecule has 0 saturated heterocycles. The van der Waals surface area contributed by atoms with E-state index >= 15 is 0 Å². The van der Waals surface area contributed by atoms with E-state index in [-0.39, 0.29) is 5.54 Å². The molecule has 0 saturated carbocycles. The SMILES string of the molecule is COc1cc(CNC(C)(C)C)c(SC)cc1OC. The molecule has 0 aliphatic heterocycles. The predicted octanol–water partition coefficient (Wildman–Crippen LogP) is 3.31. The van der Waals surface area contributed by atoms with Crippen LogP contribution in [0.2, 0.25) is 0 Å². The number of ether oxygens (including phenoxy) is 2. The molecule has 0 aliphatic rings. The summed E-state index contributed by atoms with van der Waals surface area (Å²) in [7, 11) is 3.33. The first-order valence-electron chi connectivity index (χ1n) is 5.95. The van der Waals surface area contributed by atoms with Crippen LogP contribution in [0.25, 0.3) is 0 Å². The Morgan fingerprint density at radius 3 is 2.11 bits per heavy atom. The number of methoxy groups -OCH3 is 2. The summed E-state index contributed by atoms with van der Waals surface area (Å²) in [4.78, 5) is 1.21. The summed E-state index contributed by atoms with van der Waals surface area (Å²) in [5.41, 5.74) is 1.33. The summed E-state index contributed by atoms with van der Waals surface area (Å²) in [6.45, 7) is 7.30. The lowest BCUT2D eigenvalue weighted by Gasteiger charge is -2.22. The van der Waals surface area contributed by atoms with Gasteiger partial charge in [-0.05, 0) is 44.7 Å². The lowest BCUT2D eigenvalue weighted by atomic mass is 10.1. The van der Waals surface area contributed by atoms with E-state index in [9.17, 15) is 0 Å². The Morgan fingerprint density at radius 2 is 1.67 bits per heavy atom. The van der Waals surface area contributed by atoms with Gasteiger partial charge >= 0.3 is 0 Å². The number of rotatable bonds is 5. The van der Waals surface area contributed by atoms with Crippen molar-refractivity contribution in [1.29, 1.82) is 0 Å². The molecule has 0 radical (unpaired) electrons. The minimum absolute atomic E-state index is 0.100. The van der Waals surface area contributed by atoms with Crippen LogP contribution in [0.15, 0.2) is 17.0 Å². The Balaban J connectivity index is 3.02. The molecule has 18 heavy (non-hydrogen) atoms. The predicted molar refractivity (Wildman–Crippen MR) is 77.9 cm³/mol. The summed E-state index contributed by atoms with van der Waals surface area (Å²) in [5.74, 6) is 1.56. The molecule has 0 spiro atoms. The van der Waals surface area contributed by atoms with E-state index < -0.39 is 0 Å². The maximum absolute atomic E-state index is 5.35. The number of hydrogen-bond donors (Lipinski definition) is 1. The monoisotopic (exact) mass is 269 g/mol. The van der Waals surface area contributed by atoms with Gasteiger partial charge < -0.3 is 14.8 Å². The zero-order chi connectivity index (χ0) is 13.8. The molecule has 1 aromatic rings. The summed E-state index contributed by atoms with van der Waals surface area (Å²) in [5, 5.41) is 3.49. The summed E-state index contributed by atoms with van der Waals surface area (Å²) in [6, 6.07) is 4.08. The summed E-state index contributed by atoms with van der Waals surface area (Å²) < 4.78 is 10.7. The van der Waals surface area contributed by atoms with Gasteiger partial charge in [-0.1, -0.05) is 0 Å². The molecule has 3 nitrogen and oxygen atoms in total. The fourth-order valence-corrected chi connectivity index (χ4v) is 2.21. The maximum Gasteiger partial charge on any atom is 0.161 e. The van der Waals surface area contributed by atoms with Crippen LogP contribution in [0.5, 0.6) is 11.5 Å². The van der Waals surface area contributed by atoms with Crippen LogP contribution in [0.3, 0.4) is 0 Å². The highest BCUT2D eigenvalue weighted by molar-refractivity contribution is 7.98. The smallest absolute Gasteiger partial charge is 0.161 e. The molecule has 0 heterocycles. The second-order valence-corrected chi connectivity index (χ2v) is 5.97. The zero-order valence-electron chi connectivity index (χ0n) is 12.1. The van der Waals surface area contributed by atoms with Crippen LogP contribution >= 0.6 is 11.8 Å². The number of thioether (sulfide) groups is 1. The molecular weight excluding hydrogens is 246 g/mol. The van der Waals surface area contributed by atoms with Crippen molar-refractivity contribution in [3.63, 3.8) is 0 Å². The first kappa shape index (κ1) is 15.2. The van der Waals surface area contributed by atoms with Gasteiger partial charge in [-0.2, -0.15) is 0 Å². The Bertz CT molecular complexity index is 400. The first-order valence-corrected chi connectivity index (χ1v) is 7.17. The molecule has 1 rings (SSSR count). The molecule has 0 aliphatic carbocycles. The van der Waals surface area contributed by atoms with Gasteiger partial charge in [-0.25, -0.2) is 0 Å². The van der Waals surface area contributed by atoms with Crippen molar-refractivity contribution in [2.75, 3.05) is 20.5 Å². The van der Waals surface area contributed by atoms with Gasteiger partial charge in [-0.15, -0.1) is 11.8 Å². The van der Waals surface area contributed by atoms with Crippen molar-refractivity contribution in [2.45, 2.75) is 37.8 Å². The summed E-state index contributed by atoms with van der Waals surface area (Å²) >= 11 is 1.72. The van der Waals surface area contributed by atoms with Crippen LogP contribution in [0.4, 0.5) is 0 Å². The molecular formula is C14H23NO2S. The van der Waals surface area contributed by atoms with Gasteiger partial charge in [0.05, 0.1) is 14.2 Å². The van der Waals surface area contributed by atoms with Gasteiger partial charge in [0.15, 0.2) is 11.5 Å². The third-order valence-electron chi connectivity index (χ3n) is 2.60.